The summed E-state index contributed by atoms with van der Waals surface area (Å²) >= 11 is 0. The molecule has 0 aliphatic carbocycles. The molecule has 0 spiro atoms. The molecule has 2 aliphatic heterocycles. The monoisotopic (exact) mass is 860 g/mol. The summed E-state index contributed by atoms with van der Waals surface area (Å²) in [5.74, 6) is -0.248. The Morgan fingerprint density at radius 3 is 1.58 bits per heavy atom. The van der Waals surface area contributed by atoms with Crippen molar-refractivity contribution in [2.24, 2.45) is 0 Å². The Labute approximate surface area is 360 Å². The summed E-state index contributed by atoms with van der Waals surface area (Å²) in [7, 11) is 0. The lowest BCUT2D eigenvalue weighted by atomic mass is 9.97. The van der Waals surface area contributed by atoms with Crippen LogP contribution in [0, 0.1) is 0 Å². The molecular formula is C46H85NO13. The van der Waals surface area contributed by atoms with Crippen LogP contribution in [-0.4, -0.2) is 140 Å². The Bertz CT molecular complexity index is 1110. The Morgan fingerprint density at radius 2 is 1.05 bits per heavy atom. The molecule has 0 aromatic rings. The van der Waals surface area contributed by atoms with Gasteiger partial charge in [0.05, 0.1) is 32.0 Å². The number of rotatable bonds is 35. The highest BCUT2D eigenvalue weighted by Gasteiger charge is 2.50. The van der Waals surface area contributed by atoms with Crippen LogP contribution in [0.1, 0.15) is 168 Å². The predicted octanol–water partition coefficient (Wildman–Crippen LogP) is 4.99. The number of allylic oxidation sites excluding steroid dienone is 3. The molecule has 2 saturated heterocycles. The third-order valence-corrected chi connectivity index (χ3v) is 11.6. The van der Waals surface area contributed by atoms with Gasteiger partial charge in [-0.15, -0.1) is 0 Å². The van der Waals surface area contributed by atoms with Gasteiger partial charge in [0.25, 0.3) is 0 Å². The molecule has 2 fully saturated rings. The third-order valence-electron chi connectivity index (χ3n) is 11.6. The lowest BCUT2D eigenvalue weighted by Gasteiger charge is -2.46. The number of carbonyl (C=O) groups is 1. The number of unbranched alkanes of at least 4 members (excludes halogenated alkanes) is 20. The van der Waals surface area contributed by atoms with Crippen LogP contribution in [0.3, 0.4) is 0 Å². The highest BCUT2D eigenvalue weighted by Crippen LogP contribution is 2.30. The lowest BCUT2D eigenvalue weighted by molar-refractivity contribution is -0.359. The van der Waals surface area contributed by atoms with Crippen LogP contribution in [0.5, 0.6) is 0 Å². The topological polar surface area (TPSA) is 228 Å². The summed E-state index contributed by atoms with van der Waals surface area (Å²) in [5.41, 5.74) is 0. The molecule has 9 N–H and O–H groups in total. The van der Waals surface area contributed by atoms with Crippen LogP contribution in [0.15, 0.2) is 24.3 Å². The second-order valence-corrected chi connectivity index (χ2v) is 16.9. The Morgan fingerprint density at radius 1 is 0.583 bits per heavy atom. The molecular weight excluding hydrogens is 774 g/mol. The van der Waals surface area contributed by atoms with Crippen molar-refractivity contribution < 1.29 is 64.6 Å². The van der Waals surface area contributed by atoms with E-state index in [2.05, 4.69) is 31.3 Å². The number of hydrogen-bond acceptors (Lipinski definition) is 13. The van der Waals surface area contributed by atoms with E-state index in [1.807, 2.05) is 6.08 Å². The summed E-state index contributed by atoms with van der Waals surface area (Å²) in [6, 6.07) is -0.911. The van der Waals surface area contributed by atoms with E-state index in [-0.39, 0.29) is 18.9 Å². The Kier molecular flexibility index (Phi) is 30.9. The summed E-state index contributed by atoms with van der Waals surface area (Å²) < 4.78 is 22.6. The van der Waals surface area contributed by atoms with Gasteiger partial charge >= 0.3 is 0 Å². The van der Waals surface area contributed by atoms with Crippen LogP contribution in [-0.2, 0) is 23.7 Å². The summed E-state index contributed by atoms with van der Waals surface area (Å²) in [6.07, 6.45) is 18.0. The summed E-state index contributed by atoms with van der Waals surface area (Å²) in [6.45, 7) is 2.72. The molecule has 2 aliphatic rings. The molecule has 0 aromatic carbocycles. The zero-order chi connectivity index (χ0) is 44.0. The number of amides is 1. The van der Waals surface area contributed by atoms with Gasteiger partial charge in [-0.3, -0.25) is 4.79 Å². The molecule has 0 aromatic heterocycles. The van der Waals surface area contributed by atoms with Gasteiger partial charge in [0, 0.05) is 6.42 Å². The number of ether oxygens (including phenoxy) is 4. The number of aliphatic hydroxyl groups excluding tert-OH is 8. The minimum Gasteiger partial charge on any atom is -0.394 e. The van der Waals surface area contributed by atoms with Crippen LogP contribution < -0.4 is 5.32 Å². The van der Waals surface area contributed by atoms with Crippen molar-refractivity contribution in [2.75, 3.05) is 19.8 Å². The van der Waals surface area contributed by atoms with Gasteiger partial charge in [0.2, 0.25) is 5.91 Å². The highest BCUT2D eigenvalue weighted by molar-refractivity contribution is 5.76. The molecule has 0 saturated carbocycles. The molecule has 352 valence electrons. The number of aliphatic hydroxyl groups is 8. The number of nitrogens with one attached hydrogen (secondary N) is 1. The number of carbonyl (C=O) groups excluding carboxylic acids is 1. The normalized spacial score (nSPS) is 28.4. The third kappa shape index (κ3) is 21.7. The quantitative estimate of drug-likeness (QED) is 0.0303. The van der Waals surface area contributed by atoms with Gasteiger partial charge in [-0.25, -0.2) is 0 Å². The zero-order valence-corrected chi connectivity index (χ0v) is 36.9. The standard InChI is InChI=1S/C46H85NO13/c1-3-5-7-9-11-13-14-15-16-17-18-19-20-22-24-26-28-30-38(51)47-34(35(50)29-27-25-23-21-12-10-8-6-4-2)33-57-45-43(56)41(54)44(37(32-49)59-45)60-46-42(55)40(53)39(52)36(31-48)58-46/h15-16,27,29,34-37,39-46,48-50,52-56H,3-14,17-26,28,30-33H2,1-2H3,(H,47,51)/b16-15-,29-27+. The molecule has 12 atom stereocenters. The summed E-state index contributed by atoms with van der Waals surface area (Å²) in [5, 5.41) is 86.4. The maximum absolute atomic E-state index is 13.1. The van der Waals surface area contributed by atoms with Crippen LogP contribution in [0.4, 0.5) is 0 Å². The van der Waals surface area contributed by atoms with Crippen molar-refractivity contribution in [1.82, 2.24) is 5.32 Å². The first-order chi connectivity index (χ1) is 29.1. The average Bonchev–Trinajstić information content (AvgIpc) is 3.24. The van der Waals surface area contributed by atoms with E-state index in [4.69, 9.17) is 18.9 Å². The molecule has 1 amide bonds. The molecule has 60 heavy (non-hydrogen) atoms. The molecule has 0 radical (unpaired) electrons. The smallest absolute Gasteiger partial charge is 0.220 e. The zero-order valence-electron chi connectivity index (χ0n) is 36.9. The molecule has 0 bridgehead atoms. The predicted molar refractivity (Wildman–Crippen MR) is 231 cm³/mol. The van der Waals surface area contributed by atoms with Crippen LogP contribution in [0.2, 0.25) is 0 Å². The fraction of sp³-hybridized carbons (Fsp3) is 0.891. The van der Waals surface area contributed by atoms with Gasteiger partial charge in [-0.1, -0.05) is 141 Å². The maximum Gasteiger partial charge on any atom is 0.220 e. The van der Waals surface area contributed by atoms with E-state index in [1.165, 1.54) is 96.3 Å². The van der Waals surface area contributed by atoms with Crippen molar-refractivity contribution in [3.8, 4) is 0 Å². The van der Waals surface area contributed by atoms with Crippen molar-refractivity contribution >= 4 is 5.91 Å². The van der Waals surface area contributed by atoms with Gasteiger partial charge in [0.1, 0.15) is 48.8 Å². The van der Waals surface area contributed by atoms with E-state index in [1.54, 1.807) is 6.08 Å². The minimum absolute atomic E-state index is 0.248. The largest absolute Gasteiger partial charge is 0.394 e. The van der Waals surface area contributed by atoms with Gasteiger partial charge in [-0.2, -0.15) is 0 Å². The van der Waals surface area contributed by atoms with E-state index in [0.717, 1.165) is 44.9 Å². The first kappa shape index (κ1) is 54.6. The van der Waals surface area contributed by atoms with E-state index >= 15 is 0 Å². The Hall–Kier alpha value is -1.53. The second-order valence-electron chi connectivity index (χ2n) is 16.9. The average molecular weight is 860 g/mol. The van der Waals surface area contributed by atoms with E-state index in [0.29, 0.717) is 6.42 Å². The number of hydrogen-bond donors (Lipinski definition) is 9. The molecule has 2 rings (SSSR count). The van der Waals surface area contributed by atoms with Gasteiger partial charge < -0.3 is 65.1 Å². The van der Waals surface area contributed by atoms with Gasteiger partial charge in [0.15, 0.2) is 12.6 Å². The SMILES string of the molecule is CCCCCCCC/C=C\CCCCCCCCCC(=O)NC(COC1OC(CO)C(OC2OC(CO)C(O)C(O)C2O)C(O)C1O)C(O)/C=C/CCCCCCCCC. The van der Waals surface area contributed by atoms with Crippen LogP contribution in [0.25, 0.3) is 0 Å². The van der Waals surface area contributed by atoms with Gasteiger partial charge in [-0.05, 0) is 44.9 Å². The highest BCUT2D eigenvalue weighted by atomic mass is 16.7. The van der Waals surface area contributed by atoms with E-state index < -0.39 is 86.8 Å². The second kappa shape index (κ2) is 34.0. The Balaban J connectivity index is 1.85. The fourth-order valence-electron chi connectivity index (χ4n) is 7.70. The molecule has 2 heterocycles. The van der Waals surface area contributed by atoms with Crippen molar-refractivity contribution in [3.05, 3.63) is 24.3 Å². The lowest BCUT2D eigenvalue weighted by Crippen LogP contribution is -2.65. The van der Waals surface area contributed by atoms with E-state index in [9.17, 15) is 45.6 Å². The fourth-order valence-corrected chi connectivity index (χ4v) is 7.70. The molecule has 12 unspecified atom stereocenters. The summed E-state index contributed by atoms with van der Waals surface area (Å²) in [4.78, 5) is 13.1. The first-order valence-electron chi connectivity index (χ1n) is 23.6. The maximum atomic E-state index is 13.1. The van der Waals surface area contributed by atoms with Crippen molar-refractivity contribution in [3.63, 3.8) is 0 Å². The van der Waals surface area contributed by atoms with Crippen molar-refractivity contribution in [2.45, 2.75) is 242 Å². The van der Waals surface area contributed by atoms with Crippen LogP contribution >= 0.6 is 0 Å². The van der Waals surface area contributed by atoms with Crippen molar-refractivity contribution in [1.29, 1.82) is 0 Å². The molecule has 14 heteroatoms. The minimum atomic E-state index is -1.79. The molecule has 14 nitrogen and oxygen atoms in total. The first-order valence-corrected chi connectivity index (χ1v) is 23.6.